The Morgan fingerprint density at radius 1 is 1.00 bits per heavy atom. The van der Waals surface area contributed by atoms with Crippen LogP contribution in [0.2, 0.25) is 0 Å². The van der Waals surface area contributed by atoms with Crippen LogP contribution in [0.5, 0.6) is 0 Å². The van der Waals surface area contributed by atoms with Crippen LogP contribution in [0, 0.1) is 0 Å². The minimum Gasteiger partial charge on any atom is -0.423 e. The van der Waals surface area contributed by atoms with Gasteiger partial charge in [0.25, 0.3) is 0 Å². The van der Waals surface area contributed by atoms with Gasteiger partial charge >= 0.3 is 7.12 Å². The first-order valence-electron chi connectivity index (χ1n) is 6.38. The van der Waals surface area contributed by atoms with Crippen molar-refractivity contribution in [3.8, 4) is 0 Å². The maximum atomic E-state index is 9.17. The minimum atomic E-state index is -1.41. The van der Waals surface area contributed by atoms with E-state index in [1.165, 1.54) is 5.39 Å². The lowest BCUT2D eigenvalue weighted by atomic mass is 9.80. The normalized spacial score (nSPS) is 10.9. The quantitative estimate of drug-likeness (QED) is 0.508. The maximum absolute atomic E-state index is 9.17. The van der Waals surface area contributed by atoms with Gasteiger partial charge in [-0.15, -0.1) is 11.8 Å². The Kier molecular flexibility index (Phi) is 3.82. The highest BCUT2D eigenvalue weighted by molar-refractivity contribution is 7.98. The Hall–Kier alpha value is -1.69. The van der Waals surface area contributed by atoms with Gasteiger partial charge in [0.15, 0.2) is 0 Å². The largest absolute Gasteiger partial charge is 0.488 e. The summed E-state index contributed by atoms with van der Waals surface area (Å²) < 4.78 is 0. The van der Waals surface area contributed by atoms with Gasteiger partial charge in [0, 0.05) is 16.7 Å². The van der Waals surface area contributed by atoms with Gasteiger partial charge in [-0.05, 0) is 23.2 Å². The van der Waals surface area contributed by atoms with E-state index in [-0.39, 0.29) is 0 Å². The summed E-state index contributed by atoms with van der Waals surface area (Å²) in [7, 11) is -1.41. The van der Waals surface area contributed by atoms with Crippen molar-refractivity contribution in [2.45, 2.75) is 10.8 Å². The van der Waals surface area contributed by atoms with E-state index in [0.29, 0.717) is 5.46 Å². The highest BCUT2D eigenvalue weighted by Gasteiger charge is 2.10. The zero-order valence-corrected chi connectivity index (χ0v) is 11.6. The molecule has 0 spiro atoms. The Morgan fingerprint density at radius 2 is 1.85 bits per heavy atom. The number of thioether (sulfide) groups is 1. The van der Waals surface area contributed by atoms with E-state index in [9.17, 15) is 10.0 Å². The number of benzene rings is 2. The molecule has 1 heterocycles. The van der Waals surface area contributed by atoms with Crippen LogP contribution in [0.4, 0.5) is 0 Å². The Bertz CT molecular complexity index is 693. The fourth-order valence-electron chi connectivity index (χ4n) is 2.13. The van der Waals surface area contributed by atoms with Gasteiger partial charge < -0.3 is 15.0 Å². The van der Waals surface area contributed by atoms with Crippen molar-refractivity contribution in [3.63, 3.8) is 0 Å². The lowest BCUT2D eigenvalue weighted by Crippen LogP contribution is -2.29. The van der Waals surface area contributed by atoms with Gasteiger partial charge in [-0.1, -0.05) is 42.5 Å². The highest BCUT2D eigenvalue weighted by Crippen LogP contribution is 2.25. The minimum absolute atomic E-state index is 0.528. The molecule has 3 rings (SSSR count). The van der Waals surface area contributed by atoms with E-state index in [0.717, 1.165) is 21.9 Å². The molecule has 1 aromatic heterocycles. The number of rotatable bonds is 4. The summed E-state index contributed by atoms with van der Waals surface area (Å²) in [6.45, 7) is 0. The van der Waals surface area contributed by atoms with Crippen molar-refractivity contribution in [3.05, 3.63) is 60.2 Å². The number of para-hydroxylation sites is 1. The van der Waals surface area contributed by atoms with Crippen LogP contribution >= 0.6 is 11.8 Å². The predicted octanol–water partition coefficient (Wildman–Crippen LogP) is 2.14. The van der Waals surface area contributed by atoms with E-state index >= 15 is 0 Å². The fourth-order valence-corrected chi connectivity index (χ4v) is 3.02. The average Bonchev–Trinajstić information content (AvgIpc) is 2.88. The first-order valence-corrected chi connectivity index (χ1v) is 7.36. The number of hydrogen-bond acceptors (Lipinski definition) is 3. The molecule has 3 nitrogen and oxygen atoms in total. The molecule has 0 radical (unpaired) electrons. The van der Waals surface area contributed by atoms with Crippen molar-refractivity contribution in [2.24, 2.45) is 0 Å². The summed E-state index contributed by atoms with van der Waals surface area (Å²) in [6, 6.07) is 17.7. The molecule has 0 unspecified atom stereocenters. The van der Waals surface area contributed by atoms with Gasteiger partial charge in [0.2, 0.25) is 0 Å². The molecule has 100 valence electrons. The van der Waals surface area contributed by atoms with Crippen LogP contribution in [0.25, 0.3) is 10.9 Å². The molecular formula is C15H14BNO2S. The molecule has 20 heavy (non-hydrogen) atoms. The molecule has 0 aliphatic carbocycles. The second-order valence-corrected chi connectivity index (χ2v) is 5.65. The van der Waals surface area contributed by atoms with Crippen molar-refractivity contribution in [2.75, 3.05) is 0 Å². The summed E-state index contributed by atoms with van der Waals surface area (Å²) in [4.78, 5) is 3.37. The SMILES string of the molecule is OB(O)c1cccc(CSc2cc3ccccc3[nH]2)c1. The first kappa shape index (κ1) is 13.3. The van der Waals surface area contributed by atoms with Crippen LogP contribution in [-0.4, -0.2) is 22.2 Å². The van der Waals surface area contributed by atoms with Crippen LogP contribution in [0.3, 0.4) is 0 Å². The number of fused-ring (bicyclic) bond motifs is 1. The lowest BCUT2D eigenvalue weighted by molar-refractivity contribution is 0.425. The molecule has 0 fully saturated rings. The molecule has 0 saturated carbocycles. The smallest absolute Gasteiger partial charge is 0.423 e. The summed E-state index contributed by atoms with van der Waals surface area (Å²) in [5.41, 5.74) is 2.73. The lowest BCUT2D eigenvalue weighted by Gasteiger charge is -2.03. The Morgan fingerprint density at radius 3 is 2.65 bits per heavy atom. The Labute approximate surface area is 121 Å². The summed E-state index contributed by atoms with van der Waals surface area (Å²) >= 11 is 1.70. The highest BCUT2D eigenvalue weighted by atomic mass is 32.2. The zero-order chi connectivity index (χ0) is 13.9. The van der Waals surface area contributed by atoms with E-state index in [1.807, 2.05) is 30.3 Å². The van der Waals surface area contributed by atoms with Crippen molar-refractivity contribution >= 4 is 35.2 Å². The van der Waals surface area contributed by atoms with Crippen LogP contribution < -0.4 is 5.46 Å². The number of nitrogens with one attached hydrogen (secondary N) is 1. The third kappa shape index (κ3) is 2.90. The molecular weight excluding hydrogens is 269 g/mol. The molecule has 0 bridgehead atoms. The van der Waals surface area contributed by atoms with Gasteiger partial charge in [-0.2, -0.15) is 0 Å². The number of hydrogen-bond donors (Lipinski definition) is 3. The average molecular weight is 283 g/mol. The number of aromatic nitrogens is 1. The first-order chi connectivity index (χ1) is 9.72. The predicted molar refractivity (Wildman–Crippen MR) is 84.1 cm³/mol. The number of H-pyrrole nitrogens is 1. The van der Waals surface area contributed by atoms with Crippen molar-refractivity contribution < 1.29 is 10.0 Å². The van der Waals surface area contributed by atoms with Gasteiger partial charge in [0.1, 0.15) is 0 Å². The van der Waals surface area contributed by atoms with E-state index in [1.54, 1.807) is 17.8 Å². The van der Waals surface area contributed by atoms with E-state index in [4.69, 9.17) is 0 Å². The molecule has 3 aromatic rings. The molecule has 3 N–H and O–H groups in total. The monoisotopic (exact) mass is 283 g/mol. The maximum Gasteiger partial charge on any atom is 0.488 e. The third-order valence-electron chi connectivity index (χ3n) is 3.15. The van der Waals surface area contributed by atoms with Crippen molar-refractivity contribution in [1.29, 1.82) is 0 Å². The van der Waals surface area contributed by atoms with E-state index in [2.05, 4.69) is 23.2 Å². The summed E-state index contributed by atoms with van der Waals surface area (Å²) in [5.74, 6) is 0.785. The van der Waals surface area contributed by atoms with Crippen LogP contribution in [0.1, 0.15) is 5.56 Å². The molecule has 0 amide bonds. The molecule has 0 atom stereocenters. The molecule has 2 aromatic carbocycles. The second-order valence-electron chi connectivity index (χ2n) is 4.63. The Balaban J connectivity index is 1.74. The summed E-state index contributed by atoms with van der Waals surface area (Å²) in [6.07, 6.45) is 0. The standard InChI is InChI=1S/C15H14BNO2S/c18-16(19)13-6-3-4-11(8-13)10-20-15-9-12-5-1-2-7-14(12)17-15/h1-9,17-19H,10H2. The second kappa shape index (κ2) is 5.75. The van der Waals surface area contributed by atoms with Gasteiger partial charge in [-0.3, -0.25) is 0 Å². The van der Waals surface area contributed by atoms with Crippen molar-refractivity contribution in [1.82, 2.24) is 4.98 Å². The topological polar surface area (TPSA) is 56.2 Å². The molecule has 5 heteroatoms. The fraction of sp³-hybridized carbons (Fsp3) is 0.0667. The summed E-state index contributed by atoms with van der Waals surface area (Å²) in [5, 5.41) is 20.7. The van der Waals surface area contributed by atoms with Gasteiger partial charge in [-0.25, -0.2) is 0 Å². The van der Waals surface area contributed by atoms with E-state index < -0.39 is 7.12 Å². The zero-order valence-electron chi connectivity index (χ0n) is 10.8. The number of aromatic amines is 1. The van der Waals surface area contributed by atoms with Gasteiger partial charge in [0.05, 0.1) is 5.03 Å². The third-order valence-corrected chi connectivity index (χ3v) is 4.16. The van der Waals surface area contributed by atoms with Crippen LogP contribution in [-0.2, 0) is 5.75 Å². The van der Waals surface area contributed by atoms with Crippen LogP contribution in [0.15, 0.2) is 59.6 Å². The molecule has 0 aliphatic heterocycles. The molecule has 0 saturated heterocycles. The molecule has 0 aliphatic rings.